The largest absolute Gasteiger partial charge is 0.478 e. The number of hydrogen-bond acceptors (Lipinski definition) is 6. The van der Waals surface area contributed by atoms with Gasteiger partial charge >= 0.3 is 0 Å². The number of aliphatic imine (C=N–C) groups is 1. The predicted molar refractivity (Wildman–Crippen MR) is 96.8 cm³/mol. The van der Waals surface area contributed by atoms with Gasteiger partial charge in [0, 0.05) is 19.5 Å². The van der Waals surface area contributed by atoms with Gasteiger partial charge in [-0.05, 0) is 30.7 Å². The average Bonchev–Trinajstić information content (AvgIpc) is 3.05. The molecule has 0 bridgehead atoms. The van der Waals surface area contributed by atoms with Crippen molar-refractivity contribution in [3.63, 3.8) is 0 Å². The number of pyridine rings is 2. The Kier molecular flexibility index (Phi) is 5.91. The number of nitrogens with one attached hydrogen (secondary N) is 1. The number of fused-ring (bicyclic) bond motifs is 1. The molecule has 0 unspecified atom stereocenters. The van der Waals surface area contributed by atoms with E-state index in [2.05, 4.69) is 20.3 Å². The van der Waals surface area contributed by atoms with E-state index in [1.165, 1.54) is 0 Å². The Labute approximate surface area is 152 Å². The van der Waals surface area contributed by atoms with Crippen LogP contribution in [0.5, 0.6) is 0 Å². The molecule has 0 aromatic carbocycles. The minimum atomic E-state index is -0.295. The summed E-state index contributed by atoms with van der Waals surface area (Å²) in [4.78, 5) is 25.5. The molecule has 1 N–H and O–H groups in total. The highest BCUT2D eigenvalue weighted by molar-refractivity contribution is 5.97. The Morgan fingerprint density at radius 3 is 2.96 bits per heavy atom. The van der Waals surface area contributed by atoms with Crippen LogP contribution in [-0.2, 0) is 27.2 Å². The second-order valence-electron chi connectivity index (χ2n) is 5.89. The summed E-state index contributed by atoms with van der Waals surface area (Å²) >= 11 is 0. The van der Waals surface area contributed by atoms with Gasteiger partial charge in [-0.25, -0.2) is 4.99 Å². The van der Waals surface area contributed by atoms with Crippen molar-refractivity contribution in [3.05, 3.63) is 59.2 Å². The van der Waals surface area contributed by atoms with Gasteiger partial charge in [0.05, 0.1) is 49.2 Å². The molecular formula is C19H22N4O3. The normalized spacial score (nSPS) is 13.7. The van der Waals surface area contributed by atoms with Gasteiger partial charge in [-0.2, -0.15) is 0 Å². The first-order chi connectivity index (χ1) is 12.7. The van der Waals surface area contributed by atoms with E-state index >= 15 is 0 Å². The average molecular weight is 354 g/mol. The van der Waals surface area contributed by atoms with E-state index in [0.717, 1.165) is 16.8 Å². The lowest BCUT2D eigenvalue weighted by Gasteiger charge is -2.17. The SMILES string of the molecule is CCOC1=NCc2cc(CC(=O)N[C@@H](COC)c3ccccn3)ncc21. The van der Waals surface area contributed by atoms with Crippen molar-refractivity contribution in [2.24, 2.45) is 4.99 Å². The molecule has 1 aliphatic heterocycles. The fourth-order valence-electron chi connectivity index (χ4n) is 2.83. The number of hydrogen-bond donors (Lipinski definition) is 1. The third-order valence-electron chi connectivity index (χ3n) is 4.01. The van der Waals surface area contributed by atoms with Crippen molar-refractivity contribution in [1.82, 2.24) is 15.3 Å². The first-order valence-corrected chi connectivity index (χ1v) is 8.56. The van der Waals surface area contributed by atoms with Crippen LogP contribution in [0.15, 0.2) is 41.7 Å². The third-order valence-corrected chi connectivity index (χ3v) is 4.01. The molecule has 0 aliphatic carbocycles. The number of carbonyl (C=O) groups excluding carboxylic acids is 1. The number of ether oxygens (including phenoxy) is 2. The molecular weight excluding hydrogens is 332 g/mol. The number of aromatic nitrogens is 2. The maximum absolute atomic E-state index is 12.5. The number of nitrogens with zero attached hydrogens (tertiary/aromatic N) is 3. The summed E-state index contributed by atoms with van der Waals surface area (Å²) in [5.74, 6) is 0.496. The summed E-state index contributed by atoms with van der Waals surface area (Å²) in [7, 11) is 1.60. The molecule has 7 nitrogen and oxygen atoms in total. The summed E-state index contributed by atoms with van der Waals surface area (Å²) in [5, 5.41) is 2.96. The molecule has 3 heterocycles. The smallest absolute Gasteiger partial charge is 0.226 e. The summed E-state index contributed by atoms with van der Waals surface area (Å²) in [6.45, 7) is 3.40. The van der Waals surface area contributed by atoms with Gasteiger partial charge < -0.3 is 14.8 Å². The zero-order valence-electron chi connectivity index (χ0n) is 14.9. The van der Waals surface area contributed by atoms with Gasteiger partial charge in [0.1, 0.15) is 0 Å². The lowest BCUT2D eigenvalue weighted by atomic mass is 10.1. The highest BCUT2D eigenvalue weighted by Crippen LogP contribution is 2.20. The van der Waals surface area contributed by atoms with Crippen molar-refractivity contribution in [1.29, 1.82) is 0 Å². The van der Waals surface area contributed by atoms with Crippen molar-refractivity contribution in [3.8, 4) is 0 Å². The fraction of sp³-hybridized carbons (Fsp3) is 0.368. The van der Waals surface area contributed by atoms with Gasteiger partial charge in [-0.15, -0.1) is 0 Å². The summed E-state index contributed by atoms with van der Waals surface area (Å²) in [6.07, 6.45) is 3.61. The second kappa shape index (κ2) is 8.53. The highest BCUT2D eigenvalue weighted by atomic mass is 16.5. The summed E-state index contributed by atoms with van der Waals surface area (Å²) in [6, 6.07) is 7.20. The van der Waals surface area contributed by atoms with Crippen LogP contribution in [0.1, 0.15) is 35.5 Å². The zero-order chi connectivity index (χ0) is 18.4. The molecule has 136 valence electrons. The number of carbonyl (C=O) groups is 1. The van der Waals surface area contributed by atoms with Gasteiger partial charge in [0.25, 0.3) is 0 Å². The van der Waals surface area contributed by atoms with E-state index in [1.54, 1.807) is 19.5 Å². The Hall–Kier alpha value is -2.80. The van der Waals surface area contributed by atoms with E-state index in [1.807, 2.05) is 31.2 Å². The van der Waals surface area contributed by atoms with Gasteiger partial charge in [-0.3, -0.25) is 14.8 Å². The van der Waals surface area contributed by atoms with Gasteiger partial charge in [-0.1, -0.05) is 6.07 Å². The minimum Gasteiger partial charge on any atom is -0.478 e. The van der Waals surface area contributed by atoms with Crippen LogP contribution in [-0.4, -0.2) is 42.1 Å². The Morgan fingerprint density at radius 2 is 2.23 bits per heavy atom. The summed E-state index contributed by atoms with van der Waals surface area (Å²) < 4.78 is 10.7. The molecule has 2 aromatic rings. The first kappa shape index (κ1) is 18.0. The standard InChI is InChI=1S/C19H22N4O3/c1-3-26-19-15-11-21-14(8-13(15)10-22-19)9-18(24)23-17(12-25-2)16-6-4-5-7-20-16/h4-8,11,17H,3,9-10,12H2,1-2H3,(H,23,24)/t17-/m0/s1. The van der Waals surface area contributed by atoms with Crippen LogP contribution in [0, 0.1) is 0 Å². The van der Waals surface area contributed by atoms with Crippen LogP contribution in [0.4, 0.5) is 0 Å². The molecule has 3 rings (SSSR count). The molecule has 1 atom stereocenters. The Balaban J connectivity index is 1.65. The predicted octanol–water partition coefficient (Wildman–Crippen LogP) is 1.82. The van der Waals surface area contributed by atoms with Crippen LogP contribution in [0.2, 0.25) is 0 Å². The molecule has 1 aliphatic rings. The third kappa shape index (κ3) is 4.23. The van der Waals surface area contributed by atoms with Crippen molar-refractivity contribution in [2.75, 3.05) is 20.3 Å². The van der Waals surface area contributed by atoms with Crippen LogP contribution in [0.25, 0.3) is 0 Å². The highest BCUT2D eigenvalue weighted by Gasteiger charge is 2.20. The second-order valence-corrected chi connectivity index (χ2v) is 5.89. The van der Waals surface area contributed by atoms with Gasteiger partial charge in [0.15, 0.2) is 0 Å². The van der Waals surface area contributed by atoms with E-state index in [-0.39, 0.29) is 18.4 Å². The van der Waals surface area contributed by atoms with Crippen LogP contribution in [0.3, 0.4) is 0 Å². The maximum Gasteiger partial charge on any atom is 0.226 e. The lowest BCUT2D eigenvalue weighted by molar-refractivity contribution is -0.121. The topological polar surface area (TPSA) is 85.7 Å². The molecule has 7 heteroatoms. The Bertz CT molecular complexity index is 793. The van der Waals surface area contributed by atoms with Crippen LogP contribution >= 0.6 is 0 Å². The molecule has 26 heavy (non-hydrogen) atoms. The van der Waals surface area contributed by atoms with Crippen molar-refractivity contribution < 1.29 is 14.3 Å². The van der Waals surface area contributed by atoms with E-state index < -0.39 is 0 Å². The quantitative estimate of drug-likeness (QED) is 0.820. The van der Waals surface area contributed by atoms with Crippen LogP contribution < -0.4 is 5.32 Å². The number of methoxy groups -OCH3 is 1. The molecule has 0 fully saturated rings. The monoisotopic (exact) mass is 354 g/mol. The molecule has 0 saturated heterocycles. The number of amides is 1. The molecule has 0 spiro atoms. The summed E-state index contributed by atoms with van der Waals surface area (Å²) in [5.41, 5.74) is 3.40. The van der Waals surface area contributed by atoms with Crippen molar-refractivity contribution >= 4 is 11.8 Å². The van der Waals surface area contributed by atoms with Crippen molar-refractivity contribution in [2.45, 2.75) is 25.9 Å². The van der Waals surface area contributed by atoms with Gasteiger partial charge in [0.2, 0.25) is 11.8 Å². The Morgan fingerprint density at radius 1 is 1.35 bits per heavy atom. The minimum absolute atomic E-state index is 0.130. The first-order valence-electron chi connectivity index (χ1n) is 8.56. The molecule has 1 amide bonds. The number of rotatable bonds is 7. The molecule has 0 saturated carbocycles. The molecule has 0 radical (unpaired) electrons. The van der Waals surface area contributed by atoms with E-state index in [9.17, 15) is 4.79 Å². The fourth-order valence-corrected chi connectivity index (χ4v) is 2.83. The molecule has 2 aromatic heterocycles. The lowest BCUT2D eigenvalue weighted by Crippen LogP contribution is -2.33. The van der Waals surface area contributed by atoms with E-state index in [4.69, 9.17) is 9.47 Å². The maximum atomic E-state index is 12.5. The zero-order valence-corrected chi connectivity index (χ0v) is 14.9. The van der Waals surface area contributed by atoms with E-state index in [0.29, 0.717) is 31.4 Å².